The summed E-state index contributed by atoms with van der Waals surface area (Å²) in [5.74, 6) is 0. The minimum atomic E-state index is -4.26. The van der Waals surface area contributed by atoms with E-state index in [1.807, 2.05) is 66.8 Å². The SMILES string of the molecule is Cl.O=S(=O)(O)c1ccc(-c2cc3cc4nc(cc5ccc(cc6nc(cc2[nH]3)C=C6)[nH]5)C=C4)cc1. The zero-order valence-corrected chi connectivity index (χ0v) is 19.8. The lowest BCUT2D eigenvalue weighted by atomic mass is 10.1. The summed E-state index contributed by atoms with van der Waals surface area (Å²) in [6, 6.07) is 20.0. The van der Waals surface area contributed by atoms with E-state index >= 15 is 0 Å². The molecule has 1 aromatic carbocycles. The Morgan fingerprint density at radius 3 is 1.69 bits per heavy atom. The van der Waals surface area contributed by atoms with Gasteiger partial charge in [0.15, 0.2) is 0 Å². The summed E-state index contributed by atoms with van der Waals surface area (Å²) in [7, 11) is -4.26. The number of hydrogen-bond acceptors (Lipinski definition) is 4. The molecule has 0 saturated carbocycles. The Morgan fingerprint density at radius 1 is 0.629 bits per heavy atom. The van der Waals surface area contributed by atoms with Crippen LogP contribution in [0, 0.1) is 0 Å². The third kappa shape index (κ3) is 4.67. The Bertz CT molecular complexity index is 1780. The summed E-state index contributed by atoms with van der Waals surface area (Å²) in [5, 5.41) is 0. The second kappa shape index (κ2) is 8.66. The van der Waals surface area contributed by atoms with Gasteiger partial charge in [0.2, 0.25) is 0 Å². The van der Waals surface area contributed by atoms with E-state index < -0.39 is 10.1 Å². The van der Waals surface area contributed by atoms with E-state index in [9.17, 15) is 13.0 Å². The predicted octanol–water partition coefficient (Wildman–Crippen LogP) is 5.99. The number of fused-ring (bicyclic) bond motifs is 8. The van der Waals surface area contributed by atoms with Crippen molar-refractivity contribution in [3.8, 4) is 11.1 Å². The average Bonchev–Trinajstić information content (AvgIpc) is 3.58. The number of nitrogens with zero attached hydrogens (tertiary/aromatic N) is 2. The number of hydrogen-bond donors (Lipinski definition) is 3. The lowest BCUT2D eigenvalue weighted by molar-refractivity contribution is 0.483. The van der Waals surface area contributed by atoms with Crippen molar-refractivity contribution in [2.75, 3.05) is 0 Å². The number of halogens is 1. The summed E-state index contributed by atoms with van der Waals surface area (Å²) in [4.78, 5) is 16.0. The Morgan fingerprint density at radius 2 is 1.14 bits per heavy atom. The van der Waals surface area contributed by atoms with Crippen molar-refractivity contribution in [2.45, 2.75) is 4.90 Å². The maximum atomic E-state index is 11.4. The highest BCUT2D eigenvalue weighted by molar-refractivity contribution is 7.85. The van der Waals surface area contributed by atoms with Gasteiger partial charge >= 0.3 is 0 Å². The second-order valence-corrected chi connectivity index (χ2v) is 9.51. The third-order valence-electron chi connectivity index (χ3n) is 5.63. The largest absolute Gasteiger partial charge is 0.355 e. The Hall–Kier alpha value is -3.98. The number of H-pyrrole nitrogens is 2. The molecule has 0 fully saturated rings. The van der Waals surface area contributed by atoms with Gasteiger partial charge in [-0.1, -0.05) is 12.1 Å². The van der Waals surface area contributed by atoms with E-state index in [0.717, 1.165) is 56.0 Å². The van der Waals surface area contributed by atoms with Gasteiger partial charge in [-0.2, -0.15) is 8.42 Å². The van der Waals surface area contributed by atoms with Crippen LogP contribution in [0.25, 0.3) is 57.5 Å². The summed E-state index contributed by atoms with van der Waals surface area (Å²) in [6.07, 6.45) is 7.81. The quantitative estimate of drug-likeness (QED) is 0.252. The van der Waals surface area contributed by atoms with Crippen LogP contribution >= 0.6 is 12.4 Å². The van der Waals surface area contributed by atoms with E-state index in [1.54, 1.807) is 12.1 Å². The summed E-state index contributed by atoms with van der Waals surface area (Å²) in [6.45, 7) is 0. The normalized spacial score (nSPS) is 12.5. The number of rotatable bonds is 2. The van der Waals surface area contributed by atoms with E-state index in [-0.39, 0.29) is 17.3 Å². The minimum absolute atomic E-state index is 0. The Kier molecular flexibility index (Phi) is 5.64. The van der Waals surface area contributed by atoms with Crippen LogP contribution < -0.4 is 0 Å². The fraction of sp³-hybridized carbons (Fsp3) is 0. The molecule has 4 aromatic rings. The average molecular weight is 503 g/mol. The van der Waals surface area contributed by atoms with Crippen LogP contribution in [0.3, 0.4) is 0 Å². The van der Waals surface area contributed by atoms with Crippen LogP contribution in [-0.4, -0.2) is 32.9 Å². The molecular formula is C26H19ClN4O3S. The summed E-state index contributed by atoms with van der Waals surface area (Å²) >= 11 is 0. The molecule has 8 bridgehead atoms. The van der Waals surface area contributed by atoms with E-state index in [0.29, 0.717) is 0 Å². The van der Waals surface area contributed by atoms with Gasteiger partial charge in [-0.25, -0.2) is 9.97 Å². The van der Waals surface area contributed by atoms with Crippen molar-refractivity contribution in [3.63, 3.8) is 0 Å². The first-order valence-electron chi connectivity index (χ1n) is 10.6. The van der Waals surface area contributed by atoms with E-state index in [1.165, 1.54) is 12.1 Å². The highest BCUT2D eigenvalue weighted by Crippen LogP contribution is 2.28. The van der Waals surface area contributed by atoms with E-state index in [4.69, 9.17) is 4.98 Å². The van der Waals surface area contributed by atoms with Crippen molar-refractivity contribution >= 4 is 68.9 Å². The van der Waals surface area contributed by atoms with Crippen molar-refractivity contribution in [1.29, 1.82) is 0 Å². The number of nitrogens with one attached hydrogen (secondary N) is 2. The molecule has 0 saturated heterocycles. The third-order valence-corrected chi connectivity index (χ3v) is 6.50. The van der Waals surface area contributed by atoms with Crippen molar-refractivity contribution in [2.24, 2.45) is 0 Å². The molecule has 0 radical (unpaired) electrons. The molecule has 35 heavy (non-hydrogen) atoms. The van der Waals surface area contributed by atoms with Crippen LogP contribution in [0.1, 0.15) is 22.8 Å². The molecule has 0 spiro atoms. The standard InChI is InChI=1S/C26H18N4O3S.ClH/c31-34(32,33)24-9-1-16(2-10-24)25-14-23-13-21-6-5-19(28-21)11-17-3-4-18(27-17)12-20-7-8-22(29-20)15-26(25)30-23;/h1-15,27,30H,(H,31,32,33);1H. The van der Waals surface area contributed by atoms with Gasteiger partial charge in [-0.15, -0.1) is 12.4 Å². The van der Waals surface area contributed by atoms with Gasteiger partial charge in [0.1, 0.15) is 0 Å². The number of aromatic amines is 2. The first kappa shape index (κ1) is 22.8. The van der Waals surface area contributed by atoms with Gasteiger partial charge in [-0.3, -0.25) is 4.55 Å². The maximum Gasteiger partial charge on any atom is 0.294 e. The molecule has 2 aliphatic rings. The smallest absolute Gasteiger partial charge is 0.294 e. The van der Waals surface area contributed by atoms with Crippen LogP contribution in [0.5, 0.6) is 0 Å². The summed E-state index contributed by atoms with van der Waals surface area (Å²) < 4.78 is 32.2. The van der Waals surface area contributed by atoms with Gasteiger partial charge in [0.25, 0.3) is 10.1 Å². The summed E-state index contributed by atoms with van der Waals surface area (Å²) in [5.41, 5.74) is 8.52. The van der Waals surface area contributed by atoms with Crippen LogP contribution in [-0.2, 0) is 10.1 Å². The topological polar surface area (TPSA) is 112 Å². The van der Waals surface area contributed by atoms with Crippen LogP contribution in [0.2, 0.25) is 0 Å². The van der Waals surface area contributed by atoms with Gasteiger partial charge < -0.3 is 9.97 Å². The molecule has 0 atom stereocenters. The number of benzene rings is 1. The van der Waals surface area contributed by atoms with Gasteiger partial charge in [0.05, 0.1) is 27.7 Å². The molecule has 7 nitrogen and oxygen atoms in total. The highest BCUT2D eigenvalue weighted by atomic mass is 35.5. The molecule has 3 aromatic heterocycles. The van der Waals surface area contributed by atoms with Crippen molar-refractivity contribution in [1.82, 2.24) is 19.9 Å². The molecule has 0 amide bonds. The van der Waals surface area contributed by atoms with Crippen LogP contribution in [0.4, 0.5) is 0 Å². The molecule has 6 rings (SSSR count). The minimum Gasteiger partial charge on any atom is -0.355 e. The van der Waals surface area contributed by atoms with Crippen molar-refractivity contribution < 1.29 is 13.0 Å². The fourth-order valence-corrected chi connectivity index (χ4v) is 4.54. The molecule has 2 aliphatic heterocycles. The van der Waals surface area contributed by atoms with E-state index in [2.05, 4.69) is 15.0 Å². The Balaban J connectivity index is 0.00000253. The molecule has 0 unspecified atom stereocenters. The maximum absolute atomic E-state index is 11.4. The fourth-order valence-electron chi connectivity index (χ4n) is 4.06. The second-order valence-electron chi connectivity index (χ2n) is 8.09. The zero-order valence-electron chi connectivity index (χ0n) is 18.1. The molecule has 5 heterocycles. The monoisotopic (exact) mass is 502 g/mol. The van der Waals surface area contributed by atoms with Gasteiger partial charge in [-0.05, 0) is 84.5 Å². The lowest BCUT2D eigenvalue weighted by Crippen LogP contribution is -1.97. The van der Waals surface area contributed by atoms with Gasteiger partial charge in [0, 0.05) is 27.6 Å². The molecular weight excluding hydrogens is 484 g/mol. The zero-order chi connectivity index (χ0) is 23.3. The molecule has 9 heteroatoms. The van der Waals surface area contributed by atoms with Crippen LogP contribution in [0.15, 0.2) is 71.6 Å². The Labute approximate surface area is 207 Å². The molecule has 0 aliphatic carbocycles. The lowest BCUT2D eigenvalue weighted by Gasteiger charge is -2.01. The highest BCUT2D eigenvalue weighted by Gasteiger charge is 2.11. The first-order chi connectivity index (χ1) is 16.4. The molecule has 3 N–H and O–H groups in total. The first-order valence-corrected chi connectivity index (χ1v) is 12.0. The molecule has 174 valence electrons. The predicted molar refractivity (Wildman–Crippen MR) is 141 cm³/mol. The van der Waals surface area contributed by atoms with Crippen molar-refractivity contribution in [3.05, 3.63) is 89.5 Å². The number of aromatic nitrogens is 4.